The third-order valence-electron chi connectivity index (χ3n) is 3.38. The first-order valence-electron chi connectivity index (χ1n) is 7.76. The van der Waals surface area contributed by atoms with Gasteiger partial charge in [-0.3, -0.25) is 0 Å². The quantitative estimate of drug-likeness (QED) is 0.0990. The van der Waals surface area contributed by atoms with Crippen molar-refractivity contribution in [1.82, 2.24) is 0 Å². The first-order valence-corrected chi connectivity index (χ1v) is 7.76. The lowest BCUT2D eigenvalue weighted by atomic mass is 10.2. The van der Waals surface area contributed by atoms with Crippen molar-refractivity contribution in [2.45, 2.75) is 26.4 Å². The monoisotopic (exact) mass is 585 g/mol. The number of ether oxygens (including phenoxy) is 1. The van der Waals surface area contributed by atoms with E-state index < -0.39 is 0 Å². The zero-order chi connectivity index (χ0) is 17.9. The van der Waals surface area contributed by atoms with Crippen LogP contribution in [0.25, 0.3) is 0 Å². The number of aromatic nitrogens is 2. The Balaban J connectivity index is 0. The number of hydrogen-bond donors (Lipinski definition) is 1. The summed E-state index contributed by atoms with van der Waals surface area (Å²) in [4.78, 5) is 11.5. The summed E-state index contributed by atoms with van der Waals surface area (Å²) in [6.45, 7) is 3.88. The first-order chi connectivity index (χ1) is 11.5. The minimum atomic E-state index is -0.250. The molecule has 0 aromatic carbocycles. The number of esters is 1. The van der Waals surface area contributed by atoms with E-state index in [4.69, 9.17) is 9.94 Å². The molecule has 1 unspecified atom stereocenters. The average molecular weight is 585 g/mol. The van der Waals surface area contributed by atoms with Crippen molar-refractivity contribution in [3.05, 3.63) is 60.2 Å². The van der Waals surface area contributed by atoms with Crippen LogP contribution in [0.2, 0.25) is 0 Å². The van der Waals surface area contributed by atoms with Gasteiger partial charge in [-0.15, -0.1) is 0 Å². The topological polar surface area (TPSA) is 66.7 Å². The summed E-state index contributed by atoms with van der Waals surface area (Å²) < 4.78 is 8.91. The average Bonchev–Trinajstić information content (AvgIpc) is 2.58. The molecule has 0 saturated heterocycles. The highest BCUT2D eigenvalue weighted by molar-refractivity contribution is 5.89. The highest BCUT2D eigenvalue weighted by atomic mass is 127. The van der Waals surface area contributed by atoms with Crippen molar-refractivity contribution >= 4 is 12.2 Å². The van der Waals surface area contributed by atoms with Gasteiger partial charge in [0.25, 0.3) is 0 Å². The Bertz CT molecular complexity index is 680. The van der Waals surface area contributed by atoms with Crippen LogP contribution in [0.4, 0.5) is 0 Å². The van der Waals surface area contributed by atoms with Gasteiger partial charge in [-0.2, -0.15) is 0 Å². The molecule has 0 spiro atoms. The number of hydrogen-bond acceptors (Lipinski definition) is 4. The van der Waals surface area contributed by atoms with Crippen LogP contribution in [-0.4, -0.2) is 23.5 Å². The van der Waals surface area contributed by atoms with Crippen LogP contribution in [0.3, 0.4) is 0 Å². The van der Waals surface area contributed by atoms with Gasteiger partial charge in [-0.25, -0.2) is 13.9 Å². The molecule has 2 aromatic rings. The third-order valence-corrected chi connectivity index (χ3v) is 3.38. The van der Waals surface area contributed by atoms with Gasteiger partial charge in [0.15, 0.2) is 18.6 Å². The number of carbonyl (C=O) groups excluding carboxylic acids is 1. The Morgan fingerprint density at radius 2 is 1.81 bits per heavy atom. The second-order valence-electron chi connectivity index (χ2n) is 5.36. The molecular weight excluding hydrogens is 560 g/mol. The molecule has 2 heterocycles. The van der Waals surface area contributed by atoms with E-state index >= 15 is 0 Å². The maximum Gasteiger partial charge on any atom is 0.338 e. The van der Waals surface area contributed by atoms with Crippen molar-refractivity contribution in [3.63, 3.8) is 0 Å². The molecule has 0 radical (unpaired) electrons. The summed E-state index contributed by atoms with van der Waals surface area (Å²) in [5.41, 5.74) is 1.47. The van der Waals surface area contributed by atoms with Crippen LogP contribution < -0.4 is 57.1 Å². The molecular formula is C18H25I2N3O3. The Kier molecular flexibility index (Phi) is 15.4. The van der Waals surface area contributed by atoms with E-state index in [9.17, 15) is 4.79 Å². The lowest BCUT2D eigenvalue weighted by Gasteiger charge is -2.09. The summed E-state index contributed by atoms with van der Waals surface area (Å²) in [6.07, 6.45) is 7.75. The van der Waals surface area contributed by atoms with Crippen molar-refractivity contribution in [2.75, 3.05) is 0 Å². The van der Waals surface area contributed by atoms with Gasteiger partial charge >= 0.3 is 5.97 Å². The summed E-state index contributed by atoms with van der Waals surface area (Å²) in [7, 11) is 3.79. The molecule has 1 atom stereocenters. The molecule has 0 bridgehead atoms. The van der Waals surface area contributed by atoms with Crippen LogP contribution in [0.5, 0.6) is 0 Å². The van der Waals surface area contributed by atoms with E-state index in [0.29, 0.717) is 5.56 Å². The van der Waals surface area contributed by atoms with Gasteiger partial charge in [0.1, 0.15) is 20.3 Å². The van der Waals surface area contributed by atoms with Crippen molar-refractivity contribution < 1.29 is 71.8 Å². The zero-order valence-corrected chi connectivity index (χ0v) is 19.7. The van der Waals surface area contributed by atoms with Crippen LogP contribution >= 0.6 is 0 Å². The van der Waals surface area contributed by atoms with Crippen molar-refractivity contribution in [2.24, 2.45) is 19.3 Å². The summed E-state index contributed by atoms with van der Waals surface area (Å²) in [5.74, 6) is -0.250. The fourth-order valence-corrected chi connectivity index (χ4v) is 1.70. The summed E-state index contributed by atoms with van der Waals surface area (Å²) in [6, 6.07) is 9.17. The number of halogens is 2. The Hall–Kier alpha value is -1.30. The molecule has 0 aliphatic carbocycles. The number of rotatable bonds is 4. The van der Waals surface area contributed by atoms with Crippen molar-refractivity contribution in [3.8, 4) is 0 Å². The van der Waals surface area contributed by atoms with Gasteiger partial charge in [0.2, 0.25) is 5.69 Å². The normalized spacial score (nSPS) is 10.6. The number of pyridine rings is 2. The fourth-order valence-electron chi connectivity index (χ4n) is 1.70. The highest BCUT2D eigenvalue weighted by Crippen LogP contribution is 2.03. The van der Waals surface area contributed by atoms with Gasteiger partial charge < -0.3 is 57.9 Å². The number of aryl methyl sites for hydroxylation is 2. The maximum absolute atomic E-state index is 11.5. The fraction of sp³-hybridized carbons (Fsp3) is 0.333. The first kappa shape index (κ1) is 26.9. The lowest BCUT2D eigenvalue weighted by Crippen LogP contribution is -3.00. The molecule has 26 heavy (non-hydrogen) atoms. The molecule has 1 N–H and O–H groups in total. The third kappa shape index (κ3) is 10.00. The predicted octanol–water partition coefficient (Wildman–Crippen LogP) is -4.21. The summed E-state index contributed by atoms with van der Waals surface area (Å²) >= 11 is 0. The largest absolute Gasteiger partial charge is 1.00 e. The molecule has 0 aliphatic heterocycles. The highest BCUT2D eigenvalue weighted by Gasteiger charge is 2.11. The molecule has 144 valence electrons. The smallest absolute Gasteiger partial charge is 0.338 e. The van der Waals surface area contributed by atoms with Gasteiger partial charge in [-0.05, 0) is 19.4 Å². The minimum absolute atomic E-state index is 0. The molecule has 6 nitrogen and oxygen atoms in total. The molecule has 8 heteroatoms. The Morgan fingerprint density at radius 3 is 2.31 bits per heavy atom. The molecule has 0 aliphatic rings. The Morgan fingerprint density at radius 1 is 1.19 bits per heavy atom. The molecule has 2 rings (SSSR count). The second kappa shape index (κ2) is 14.8. The van der Waals surface area contributed by atoms with E-state index in [-0.39, 0.29) is 60.0 Å². The minimum Gasteiger partial charge on any atom is -1.00 e. The molecule has 2 aromatic heterocycles. The Labute approximate surface area is 188 Å². The van der Waals surface area contributed by atoms with E-state index in [1.807, 2.05) is 73.9 Å². The summed E-state index contributed by atoms with van der Waals surface area (Å²) in [5, 5.41) is 11.1. The van der Waals surface area contributed by atoms with Crippen LogP contribution in [0.15, 0.2) is 54.1 Å². The van der Waals surface area contributed by atoms with Crippen LogP contribution in [0.1, 0.15) is 36.3 Å². The van der Waals surface area contributed by atoms with E-state index in [2.05, 4.69) is 5.16 Å². The zero-order valence-electron chi connectivity index (χ0n) is 15.3. The van der Waals surface area contributed by atoms with Gasteiger partial charge in [0, 0.05) is 24.3 Å². The van der Waals surface area contributed by atoms with Crippen LogP contribution in [0, 0.1) is 0 Å². The lowest BCUT2D eigenvalue weighted by molar-refractivity contribution is -0.672. The molecule has 0 saturated carbocycles. The van der Waals surface area contributed by atoms with Gasteiger partial charge in [-0.1, -0.05) is 12.1 Å². The maximum atomic E-state index is 11.5. The molecule has 0 fully saturated rings. The second-order valence-corrected chi connectivity index (χ2v) is 5.36. The van der Waals surface area contributed by atoms with Crippen molar-refractivity contribution in [1.29, 1.82) is 0 Å². The standard InChI is InChI=1S/C11H16NO2.C7H8N2O.2HI/c1-4-9(2)14-11(13)10-5-7-12(3)8-6-10;1-9-5-3-2-4-7(9)6-8-10;;/h5-9H,4H2,1-3H3;2-6H,1H3;2*1H/q+1;;;/p-1. The van der Waals surface area contributed by atoms with E-state index in [1.54, 1.807) is 12.1 Å². The number of oxime groups is 1. The predicted molar refractivity (Wildman–Crippen MR) is 89.8 cm³/mol. The number of nitrogens with zero attached hydrogens (tertiary/aromatic N) is 3. The van der Waals surface area contributed by atoms with E-state index in [1.165, 1.54) is 6.21 Å². The SMILES string of the molecule is CCC(C)OC(=O)c1cc[n+](C)cc1.C[n+]1ccccc1C=NO.[I-].[I-]. The van der Waals surface area contributed by atoms with Gasteiger partial charge in [0.05, 0.1) is 11.7 Å². The number of carbonyl (C=O) groups is 1. The van der Waals surface area contributed by atoms with E-state index in [0.717, 1.165) is 12.1 Å². The van der Waals surface area contributed by atoms with Crippen LogP contribution in [-0.2, 0) is 18.8 Å². The molecule has 0 amide bonds.